The van der Waals surface area contributed by atoms with E-state index < -0.39 is 5.97 Å². The minimum atomic E-state index is -0.484. The first-order valence-electron chi connectivity index (χ1n) is 5.01. The van der Waals surface area contributed by atoms with Gasteiger partial charge in [0.1, 0.15) is 6.33 Å². The molecule has 8 heteroatoms. The molecule has 1 aliphatic rings. The molecule has 0 bridgehead atoms. The van der Waals surface area contributed by atoms with Crippen molar-refractivity contribution in [2.24, 2.45) is 0 Å². The van der Waals surface area contributed by atoms with Crippen molar-refractivity contribution in [3.05, 3.63) is 12.2 Å². The van der Waals surface area contributed by atoms with Crippen molar-refractivity contribution in [1.29, 1.82) is 0 Å². The number of carbonyl (C=O) groups is 1. The fourth-order valence-electron chi connectivity index (χ4n) is 1.71. The highest BCUT2D eigenvalue weighted by Crippen LogP contribution is 2.16. The number of aromatic nitrogens is 3. The SMILES string of the molecule is COC(=O)c1ncn(C2CCNCC2)n1.Cl.Cl. The van der Waals surface area contributed by atoms with Crippen LogP contribution in [0.3, 0.4) is 0 Å². The van der Waals surface area contributed by atoms with Crippen LogP contribution in [0.2, 0.25) is 0 Å². The van der Waals surface area contributed by atoms with Crippen LogP contribution in [-0.4, -0.2) is 40.9 Å². The molecule has 1 aliphatic heterocycles. The standard InChI is InChI=1S/C9H14N4O2.2ClH/c1-15-9(14)8-11-6-13(12-8)7-2-4-10-5-3-7;;/h6-7,10H,2-5H2,1H3;2*1H. The second-order valence-corrected chi connectivity index (χ2v) is 3.52. The third-order valence-corrected chi connectivity index (χ3v) is 2.56. The van der Waals surface area contributed by atoms with Crippen LogP contribution in [0.5, 0.6) is 0 Å². The zero-order valence-electron chi connectivity index (χ0n) is 9.46. The molecule has 0 amide bonds. The van der Waals surface area contributed by atoms with E-state index in [9.17, 15) is 4.79 Å². The average Bonchev–Trinajstić information content (AvgIpc) is 2.78. The van der Waals surface area contributed by atoms with Gasteiger partial charge in [-0.15, -0.1) is 29.9 Å². The van der Waals surface area contributed by atoms with Crippen molar-refractivity contribution in [3.8, 4) is 0 Å². The van der Waals surface area contributed by atoms with Gasteiger partial charge in [-0.05, 0) is 25.9 Å². The molecule has 1 saturated heterocycles. The van der Waals surface area contributed by atoms with Gasteiger partial charge in [-0.3, -0.25) is 0 Å². The number of methoxy groups -OCH3 is 1. The van der Waals surface area contributed by atoms with Crippen LogP contribution in [-0.2, 0) is 4.74 Å². The molecule has 1 aromatic heterocycles. The summed E-state index contributed by atoms with van der Waals surface area (Å²) < 4.78 is 6.30. The zero-order chi connectivity index (χ0) is 10.7. The lowest BCUT2D eigenvalue weighted by Crippen LogP contribution is -2.29. The van der Waals surface area contributed by atoms with E-state index >= 15 is 0 Å². The summed E-state index contributed by atoms with van der Waals surface area (Å²) in [6, 6.07) is 0.345. The molecule has 0 spiro atoms. The predicted octanol–water partition coefficient (Wildman–Crippen LogP) is 0.833. The zero-order valence-corrected chi connectivity index (χ0v) is 11.1. The summed E-state index contributed by atoms with van der Waals surface area (Å²) in [7, 11) is 1.33. The largest absolute Gasteiger partial charge is 0.463 e. The number of ether oxygens (including phenoxy) is 1. The van der Waals surface area contributed by atoms with E-state index in [0.29, 0.717) is 6.04 Å². The van der Waals surface area contributed by atoms with Crippen molar-refractivity contribution in [2.75, 3.05) is 20.2 Å². The molecule has 0 unspecified atom stereocenters. The summed E-state index contributed by atoms with van der Waals surface area (Å²) in [6.45, 7) is 1.97. The minimum Gasteiger partial charge on any atom is -0.463 e. The topological polar surface area (TPSA) is 69.0 Å². The third-order valence-electron chi connectivity index (χ3n) is 2.56. The molecule has 0 aliphatic carbocycles. The Kier molecular flexibility index (Phi) is 7.10. The van der Waals surface area contributed by atoms with E-state index in [0.717, 1.165) is 25.9 Å². The number of nitrogens with one attached hydrogen (secondary N) is 1. The smallest absolute Gasteiger partial charge is 0.377 e. The molecule has 0 atom stereocenters. The van der Waals surface area contributed by atoms with Gasteiger partial charge >= 0.3 is 5.97 Å². The van der Waals surface area contributed by atoms with Crippen molar-refractivity contribution in [3.63, 3.8) is 0 Å². The Bertz CT molecular complexity index is 353. The molecule has 2 rings (SSSR count). The van der Waals surface area contributed by atoms with E-state index in [4.69, 9.17) is 0 Å². The predicted molar refractivity (Wildman–Crippen MR) is 67.0 cm³/mol. The highest BCUT2D eigenvalue weighted by atomic mass is 35.5. The number of piperidine rings is 1. The quantitative estimate of drug-likeness (QED) is 0.814. The summed E-state index contributed by atoms with van der Waals surface area (Å²) in [4.78, 5) is 15.1. The van der Waals surface area contributed by atoms with Crippen LogP contribution in [0, 0.1) is 0 Å². The Morgan fingerprint density at radius 1 is 1.47 bits per heavy atom. The molecule has 0 saturated carbocycles. The van der Waals surface area contributed by atoms with Gasteiger partial charge in [0.05, 0.1) is 13.2 Å². The monoisotopic (exact) mass is 282 g/mol. The molecule has 1 N–H and O–H groups in total. The van der Waals surface area contributed by atoms with Gasteiger partial charge in [0, 0.05) is 0 Å². The molecule has 98 valence electrons. The molecule has 1 fully saturated rings. The lowest BCUT2D eigenvalue weighted by molar-refractivity contribution is 0.0586. The number of esters is 1. The molecule has 1 aromatic rings. The van der Waals surface area contributed by atoms with E-state index in [2.05, 4.69) is 20.1 Å². The average molecular weight is 283 g/mol. The number of rotatable bonds is 2. The highest BCUT2D eigenvalue weighted by Gasteiger charge is 2.18. The maximum absolute atomic E-state index is 11.1. The Labute approximate surface area is 112 Å². The van der Waals surface area contributed by atoms with E-state index in [1.54, 1.807) is 11.0 Å². The second-order valence-electron chi connectivity index (χ2n) is 3.52. The van der Waals surface area contributed by atoms with E-state index in [-0.39, 0.29) is 30.6 Å². The van der Waals surface area contributed by atoms with Gasteiger partial charge in [0.2, 0.25) is 0 Å². The normalized spacial score (nSPS) is 15.6. The summed E-state index contributed by atoms with van der Waals surface area (Å²) >= 11 is 0. The molecular formula is C9H16Cl2N4O2. The number of hydrogen-bond acceptors (Lipinski definition) is 5. The number of carbonyl (C=O) groups excluding carboxylic acids is 1. The van der Waals surface area contributed by atoms with Crippen molar-refractivity contribution >= 4 is 30.8 Å². The van der Waals surface area contributed by atoms with Gasteiger partial charge in [-0.25, -0.2) is 14.5 Å². The Morgan fingerprint density at radius 3 is 2.71 bits per heavy atom. The van der Waals surface area contributed by atoms with Gasteiger partial charge in [-0.1, -0.05) is 0 Å². The van der Waals surface area contributed by atoms with Crippen molar-refractivity contribution in [1.82, 2.24) is 20.1 Å². The highest BCUT2D eigenvalue weighted by molar-refractivity contribution is 5.85. The molecule has 0 radical (unpaired) electrons. The molecule has 0 aromatic carbocycles. The summed E-state index contributed by atoms with van der Waals surface area (Å²) in [6.07, 6.45) is 3.64. The van der Waals surface area contributed by atoms with Crippen LogP contribution in [0.4, 0.5) is 0 Å². The van der Waals surface area contributed by atoms with E-state index in [1.807, 2.05) is 0 Å². The minimum absolute atomic E-state index is 0. The van der Waals surface area contributed by atoms with Crippen molar-refractivity contribution < 1.29 is 9.53 Å². The van der Waals surface area contributed by atoms with Crippen LogP contribution in [0.15, 0.2) is 6.33 Å². The van der Waals surface area contributed by atoms with Crippen LogP contribution in [0.1, 0.15) is 29.5 Å². The lowest BCUT2D eigenvalue weighted by atomic mass is 10.1. The van der Waals surface area contributed by atoms with Crippen LogP contribution < -0.4 is 5.32 Å². The Morgan fingerprint density at radius 2 is 2.12 bits per heavy atom. The number of halogens is 2. The summed E-state index contributed by atoms with van der Waals surface area (Å²) in [5, 5.41) is 7.38. The first-order valence-corrected chi connectivity index (χ1v) is 5.01. The van der Waals surface area contributed by atoms with Crippen molar-refractivity contribution in [2.45, 2.75) is 18.9 Å². The number of hydrogen-bond donors (Lipinski definition) is 1. The maximum atomic E-state index is 11.1. The summed E-state index contributed by atoms with van der Waals surface area (Å²) in [5.41, 5.74) is 0. The van der Waals surface area contributed by atoms with E-state index in [1.165, 1.54) is 7.11 Å². The van der Waals surface area contributed by atoms with Gasteiger partial charge in [0.25, 0.3) is 5.82 Å². The lowest BCUT2D eigenvalue weighted by Gasteiger charge is -2.22. The molecule has 6 nitrogen and oxygen atoms in total. The second kappa shape index (κ2) is 7.47. The Hall–Kier alpha value is -0.850. The van der Waals surface area contributed by atoms with Gasteiger partial charge < -0.3 is 10.1 Å². The number of nitrogens with zero attached hydrogens (tertiary/aromatic N) is 3. The first-order chi connectivity index (χ1) is 7.31. The molecule has 2 heterocycles. The molecule has 17 heavy (non-hydrogen) atoms. The van der Waals surface area contributed by atoms with Gasteiger partial charge in [0.15, 0.2) is 0 Å². The molecular weight excluding hydrogens is 267 g/mol. The van der Waals surface area contributed by atoms with Crippen LogP contribution in [0.25, 0.3) is 0 Å². The van der Waals surface area contributed by atoms with Gasteiger partial charge in [-0.2, -0.15) is 0 Å². The fraction of sp³-hybridized carbons (Fsp3) is 0.667. The maximum Gasteiger partial charge on any atom is 0.377 e. The fourth-order valence-corrected chi connectivity index (χ4v) is 1.71. The first kappa shape index (κ1) is 16.1. The van der Waals surface area contributed by atoms with Crippen LogP contribution >= 0.6 is 24.8 Å². The summed E-state index contributed by atoms with van der Waals surface area (Å²) in [5.74, 6) is -0.348. The third kappa shape index (κ3) is 3.83. The Balaban J connectivity index is 0.00000128.